The zero-order chi connectivity index (χ0) is 24.7. The molecule has 35 heavy (non-hydrogen) atoms. The number of carbonyl (C=O) groups is 1. The Morgan fingerprint density at radius 2 is 1.94 bits per heavy atom. The SMILES string of the molecule is Cc1cccc(N2CCN(C(=O)Cn3nc(C(O)N4CCC(O)(CF)C4)c4c3CCC4)CC2)c1C. The number of rotatable bonds is 6. The van der Waals surface area contributed by atoms with Crippen LogP contribution in [-0.4, -0.2) is 87.2 Å². The Kier molecular flexibility index (Phi) is 6.59. The Balaban J connectivity index is 1.25. The minimum absolute atomic E-state index is 0.0387. The van der Waals surface area contributed by atoms with Gasteiger partial charge in [0.2, 0.25) is 5.91 Å². The average molecular weight is 486 g/mol. The van der Waals surface area contributed by atoms with E-state index in [1.165, 1.54) is 16.8 Å². The lowest BCUT2D eigenvalue weighted by atomic mass is 10.1. The van der Waals surface area contributed by atoms with Crippen LogP contribution in [-0.2, 0) is 24.2 Å². The van der Waals surface area contributed by atoms with Crippen molar-refractivity contribution in [3.63, 3.8) is 0 Å². The first-order valence-corrected chi connectivity index (χ1v) is 12.7. The Morgan fingerprint density at radius 1 is 1.17 bits per heavy atom. The van der Waals surface area contributed by atoms with Gasteiger partial charge in [0.25, 0.3) is 0 Å². The number of aryl methyl sites for hydroxylation is 1. The Hall–Kier alpha value is -2.49. The summed E-state index contributed by atoms with van der Waals surface area (Å²) in [5.74, 6) is 0.0387. The van der Waals surface area contributed by atoms with Gasteiger partial charge in [-0.1, -0.05) is 12.1 Å². The fourth-order valence-electron chi connectivity index (χ4n) is 5.76. The highest BCUT2D eigenvalue weighted by molar-refractivity contribution is 5.76. The molecule has 2 fully saturated rings. The second kappa shape index (κ2) is 9.52. The van der Waals surface area contributed by atoms with Gasteiger partial charge in [-0.05, 0) is 56.7 Å². The summed E-state index contributed by atoms with van der Waals surface area (Å²) in [7, 11) is 0. The molecule has 1 aromatic carbocycles. The van der Waals surface area contributed by atoms with Gasteiger partial charge in [-0.15, -0.1) is 0 Å². The minimum Gasteiger partial charge on any atom is -0.386 e. The molecule has 0 radical (unpaired) electrons. The average Bonchev–Trinajstić information content (AvgIpc) is 3.58. The molecule has 2 atom stereocenters. The topological polar surface area (TPSA) is 85.1 Å². The maximum absolute atomic E-state index is 13.2. The molecule has 2 aliphatic heterocycles. The van der Waals surface area contributed by atoms with Gasteiger partial charge >= 0.3 is 0 Å². The van der Waals surface area contributed by atoms with Crippen molar-refractivity contribution in [3.8, 4) is 0 Å². The van der Waals surface area contributed by atoms with E-state index >= 15 is 0 Å². The molecule has 3 aliphatic rings. The summed E-state index contributed by atoms with van der Waals surface area (Å²) in [4.78, 5) is 19.1. The molecular formula is C26H36FN5O3. The fourth-order valence-corrected chi connectivity index (χ4v) is 5.76. The van der Waals surface area contributed by atoms with Crippen molar-refractivity contribution >= 4 is 11.6 Å². The summed E-state index contributed by atoms with van der Waals surface area (Å²) >= 11 is 0. The van der Waals surface area contributed by atoms with E-state index in [0.717, 1.165) is 43.6 Å². The summed E-state index contributed by atoms with van der Waals surface area (Å²) in [6.45, 7) is 7.02. The third-order valence-electron chi connectivity index (χ3n) is 8.07. The molecule has 0 saturated carbocycles. The largest absolute Gasteiger partial charge is 0.386 e. The van der Waals surface area contributed by atoms with Crippen LogP contribution in [0.25, 0.3) is 0 Å². The lowest BCUT2D eigenvalue weighted by Gasteiger charge is -2.37. The lowest BCUT2D eigenvalue weighted by Crippen LogP contribution is -2.50. The maximum Gasteiger partial charge on any atom is 0.244 e. The van der Waals surface area contributed by atoms with E-state index in [-0.39, 0.29) is 25.4 Å². The van der Waals surface area contributed by atoms with Crippen molar-refractivity contribution in [1.82, 2.24) is 19.6 Å². The molecule has 8 nitrogen and oxygen atoms in total. The normalized spacial score (nSPS) is 23.7. The molecular weight excluding hydrogens is 449 g/mol. The van der Waals surface area contributed by atoms with E-state index < -0.39 is 18.5 Å². The van der Waals surface area contributed by atoms with Crippen LogP contribution in [0.1, 0.15) is 47.1 Å². The summed E-state index contributed by atoms with van der Waals surface area (Å²) in [5.41, 5.74) is 4.96. The quantitative estimate of drug-likeness (QED) is 0.649. The molecule has 9 heteroatoms. The number of nitrogens with zero attached hydrogens (tertiary/aromatic N) is 5. The predicted molar refractivity (Wildman–Crippen MR) is 131 cm³/mol. The van der Waals surface area contributed by atoms with E-state index in [9.17, 15) is 19.4 Å². The number of fused-ring (bicyclic) bond motifs is 1. The third kappa shape index (κ3) is 4.57. The standard InChI is InChI=1S/C26H36FN5O3/c1-18-5-3-7-21(19(18)2)29-11-13-30(14-12-29)23(33)15-32-22-8-4-6-20(22)24(28-32)25(34)31-10-9-26(35,16-27)17-31/h3,5,7,25,34-35H,4,6,8-17H2,1-2H3. The molecule has 190 valence electrons. The monoisotopic (exact) mass is 485 g/mol. The second-order valence-electron chi connectivity index (χ2n) is 10.4. The molecule has 2 unspecified atom stereocenters. The number of piperazine rings is 1. The number of likely N-dealkylation sites (tertiary alicyclic amines) is 1. The molecule has 5 rings (SSSR count). The predicted octanol–water partition coefficient (Wildman–Crippen LogP) is 1.73. The third-order valence-corrected chi connectivity index (χ3v) is 8.07. The second-order valence-corrected chi connectivity index (χ2v) is 10.4. The number of amides is 1. The smallest absolute Gasteiger partial charge is 0.244 e. The molecule has 0 bridgehead atoms. The van der Waals surface area contributed by atoms with E-state index in [2.05, 4.69) is 42.0 Å². The Morgan fingerprint density at radius 3 is 2.66 bits per heavy atom. The van der Waals surface area contributed by atoms with E-state index in [4.69, 9.17) is 0 Å². The van der Waals surface area contributed by atoms with Crippen LogP contribution in [0.5, 0.6) is 0 Å². The number of carbonyl (C=O) groups excluding carboxylic acids is 1. The van der Waals surface area contributed by atoms with Crippen LogP contribution in [0.2, 0.25) is 0 Å². The lowest BCUT2D eigenvalue weighted by molar-refractivity contribution is -0.132. The Labute approximate surface area is 205 Å². The molecule has 1 aromatic heterocycles. The highest BCUT2D eigenvalue weighted by Crippen LogP contribution is 2.34. The van der Waals surface area contributed by atoms with Crippen molar-refractivity contribution < 1.29 is 19.4 Å². The van der Waals surface area contributed by atoms with E-state index in [1.807, 2.05) is 4.90 Å². The maximum atomic E-state index is 13.2. The number of aliphatic hydroxyl groups excluding tert-OH is 1. The van der Waals surface area contributed by atoms with Crippen LogP contribution in [0.3, 0.4) is 0 Å². The molecule has 2 N–H and O–H groups in total. The Bertz CT molecular complexity index is 1100. The van der Waals surface area contributed by atoms with Gasteiger partial charge in [0.15, 0.2) is 6.23 Å². The van der Waals surface area contributed by atoms with Crippen molar-refractivity contribution in [2.24, 2.45) is 0 Å². The number of aliphatic hydroxyl groups is 2. The number of hydrogen-bond donors (Lipinski definition) is 2. The summed E-state index contributed by atoms with van der Waals surface area (Å²) in [6.07, 6.45) is 1.89. The van der Waals surface area contributed by atoms with Gasteiger partial charge in [-0.2, -0.15) is 5.10 Å². The number of hydrogen-bond acceptors (Lipinski definition) is 6. The number of aromatic nitrogens is 2. The number of β-amino-alcohol motifs (C(OH)–C–C–N with tert-alkyl or cyclic N) is 1. The van der Waals surface area contributed by atoms with Gasteiger partial charge < -0.3 is 20.0 Å². The summed E-state index contributed by atoms with van der Waals surface area (Å²) in [6, 6.07) is 6.35. The molecule has 0 spiro atoms. The van der Waals surface area contributed by atoms with Crippen LogP contribution in [0, 0.1) is 13.8 Å². The first-order valence-electron chi connectivity index (χ1n) is 12.7. The van der Waals surface area contributed by atoms with Crippen LogP contribution >= 0.6 is 0 Å². The fraction of sp³-hybridized carbons (Fsp3) is 0.615. The van der Waals surface area contributed by atoms with Crippen LogP contribution in [0.4, 0.5) is 10.1 Å². The summed E-state index contributed by atoms with van der Waals surface area (Å²) in [5, 5.41) is 25.9. The number of anilines is 1. The van der Waals surface area contributed by atoms with Crippen molar-refractivity contribution in [3.05, 3.63) is 46.3 Å². The first-order chi connectivity index (χ1) is 16.8. The van der Waals surface area contributed by atoms with Gasteiger partial charge in [0, 0.05) is 56.2 Å². The number of benzene rings is 1. The van der Waals surface area contributed by atoms with Crippen molar-refractivity contribution in [1.29, 1.82) is 0 Å². The first kappa shape index (κ1) is 24.2. The highest BCUT2D eigenvalue weighted by Gasteiger charge is 2.41. The zero-order valence-corrected chi connectivity index (χ0v) is 20.7. The van der Waals surface area contributed by atoms with E-state index in [1.54, 1.807) is 9.58 Å². The molecule has 2 saturated heterocycles. The molecule has 2 aromatic rings. The van der Waals surface area contributed by atoms with Crippen molar-refractivity contribution in [2.75, 3.05) is 50.8 Å². The van der Waals surface area contributed by atoms with Crippen LogP contribution in [0.15, 0.2) is 18.2 Å². The number of halogens is 1. The molecule has 1 aliphatic carbocycles. The van der Waals surface area contributed by atoms with Gasteiger partial charge in [-0.3, -0.25) is 14.4 Å². The van der Waals surface area contributed by atoms with E-state index in [0.29, 0.717) is 25.3 Å². The van der Waals surface area contributed by atoms with Gasteiger partial charge in [0.05, 0.1) is 0 Å². The molecule has 1 amide bonds. The zero-order valence-electron chi connectivity index (χ0n) is 20.7. The number of alkyl halides is 1. The van der Waals surface area contributed by atoms with Crippen molar-refractivity contribution in [2.45, 2.75) is 57.9 Å². The highest BCUT2D eigenvalue weighted by atomic mass is 19.1. The minimum atomic E-state index is -1.40. The van der Waals surface area contributed by atoms with Gasteiger partial charge in [-0.25, -0.2) is 4.39 Å². The summed E-state index contributed by atoms with van der Waals surface area (Å²) < 4.78 is 15.0. The van der Waals surface area contributed by atoms with Crippen LogP contribution < -0.4 is 4.90 Å². The molecule has 3 heterocycles. The van der Waals surface area contributed by atoms with Gasteiger partial charge in [0.1, 0.15) is 24.5 Å².